The van der Waals surface area contributed by atoms with Crippen molar-refractivity contribution in [3.8, 4) is 0 Å². The first-order valence-electron chi connectivity index (χ1n) is 7.65. The van der Waals surface area contributed by atoms with Gasteiger partial charge in [-0.2, -0.15) is 0 Å². The van der Waals surface area contributed by atoms with E-state index in [1.165, 1.54) is 0 Å². The zero-order chi connectivity index (χ0) is 17.1. The zero-order valence-electron chi connectivity index (χ0n) is 13.8. The van der Waals surface area contributed by atoms with Crippen LogP contribution >= 0.6 is 11.6 Å². The van der Waals surface area contributed by atoms with Crippen molar-refractivity contribution < 1.29 is 4.79 Å². The summed E-state index contributed by atoms with van der Waals surface area (Å²) >= 11 is 5.80. The lowest BCUT2D eigenvalue weighted by molar-refractivity contribution is 0.0954. The Morgan fingerprint density at radius 1 is 1.30 bits per heavy atom. The summed E-state index contributed by atoms with van der Waals surface area (Å²) in [5, 5.41) is 6.70. The van der Waals surface area contributed by atoms with Gasteiger partial charge in [0.25, 0.3) is 5.91 Å². The second-order valence-electron chi connectivity index (χ2n) is 5.09. The summed E-state index contributed by atoms with van der Waals surface area (Å²) in [4.78, 5) is 18.2. The molecular formula is C17H25ClN4O. The number of hydrogen-bond acceptors (Lipinski definition) is 2. The average molecular weight is 337 g/mol. The van der Waals surface area contributed by atoms with Crippen molar-refractivity contribution in [1.29, 1.82) is 0 Å². The van der Waals surface area contributed by atoms with Gasteiger partial charge in [0.2, 0.25) is 0 Å². The third-order valence-electron chi connectivity index (χ3n) is 3.28. The molecule has 0 radical (unpaired) electrons. The van der Waals surface area contributed by atoms with Crippen LogP contribution in [0.25, 0.3) is 0 Å². The number of rotatable bonds is 8. The summed E-state index contributed by atoms with van der Waals surface area (Å²) in [6.07, 6.45) is 3.93. The number of unbranched alkanes of at least 4 members (excludes halogenated alkanes) is 1. The van der Waals surface area contributed by atoms with Crippen LogP contribution in [-0.4, -0.2) is 50.5 Å². The minimum absolute atomic E-state index is 0.113. The first-order chi connectivity index (χ1) is 11.1. The molecule has 1 amide bonds. The molecule has 0 fully saturated rings. The molecule has 0 aliphatic carbocycles. The maximum absolute atomic E-state index is 11.9. The molecule has 126 valence electrons. The topological polar surface area (TPSA) is 56.7 Å². The molecule has 0 spiro atoms. The molecule has 6 heteroatoms. The van der Waals surface area contributed by atoms with Gasteiger partial charge in [-0.1, -0.05) is 17.7 Å². The van der Waals surface area contributed by atoms with E-state index in [1.54, 1.807) is 31.3 Å². The summed E-state index contributed by atoms with van der Waals surface area (Å²) in [5.74, 6) is 0.701. The number of nitrogens with one attached hydrogen (secondary N) is 2. The quantitative estimate of drug-likeness (QED) is 0.332. The largest absolute Gasteiger partial charge is 0.354 e. The molecule has 0 bridgehead atoms. The van der Waals surface area contributed by atoms with Gasteiger partial charge >= 0.3 is 0 Å². The van der Waals surface area contributed by atoms with Crippen molar-refractivity contribution in [3.63, 3.8) is 0 Å². The first kappa shape index (κ1) is 19.0. The van der Waals surface area contributed by atoms with Gasteiger partial charge in [-0.3, -0.25) is 9.79 Å². The van der Waals surface area contributed by atoms with E-state index in [0.717, 1.165) is 25.3 Å². The van der Waals surface area contributed by atoms with Crippen LogP contribution in [0.2, 0.25) is 5.02 Å². The summed E-state index contributed by atoms with van der Waals surface area (Å²) in [6, 6.07) is 6.82. The van der Waals surface area contributed by atoms with Crippen LogP contribution in [-0.2, 0) is 0 Å². The fourth-order valence-electron chi connectivity index (χ4n) is 2.02. The Kier molecular flexibility index (Phi) is 8.83. The average Bonchev–Trinajstić information content (AvgIpc) is 2.55. The number of carbonyl (C=O) groups excluding carboxylic acids is 1. The number of guanidine groups is 1. The van der Waals surface area contributed by atoms with Crippen LogP contribution < -0.4 is 10.6 Å². The maximum atomic E-state index is 11.9. The molecule has 5 nitrogen and oxygen atoms in total. The lowest BCUT2D eigenvalue weighted by Gasteiger charge is -2.21. The molecule has 0 saturated heterocycles. The molecule has 1 aromatic carbocycles. The Balaban J connectivity index is 2.30. The number of aliphatic imine (C=N–C) groups is 1. The van der Waals surface area contributed by atoms with E-state index < -0.39 is 0 Å². The highest BCUT2D eigenvalue weighted by Crippen LogP contribution is 2.09. The van der Waals surface area contributed by atoms with Crippen molar-refractivity contribution in [3.05, 3.63) is 47.5 Å². The van der Waals surface area contributed by atoms with Crippen molar-refractivity contribution >= 4 is 23.5 Å². The van der Waals surface area contributed by atoms with E-state index in [4.69, 9.17) is 11.6 Å². The molecule has 0 heterocycles. The predicted molar refractivity (Wildman–Crippen MR) is 97.2 cm³/mol. The monoisotopic (exact) mass is 336 g/mol. The van der Waals surface area contributed by atoms with Crippen LogP contribution in [0.3, 0.4) is 0 Å². The smallest absolute Gasteiger partial charge is 0.251 e. The van der Waals surface area contributed by atoms with E-state index in [2.05, 4.69) is 27.1 Å². The lowest BCUT2D eigenvalue weighted by atomic mass is 10.2. The van der Waals surface area contributed by atoms with Crippen LogP contribution in [0, 0.1) is 0 Å². The molecular weight excluding hydrogens is 312 g/mol. The van der Waals surface area contributed by atoms with E-state index in [-0.39, 0.29) is 5.91 Å². The summed E-state index contributed by atoms with van der Waals surface area (Å²) in [6.45, 7) is 5.75. The highest BCUT2D eigenvalue weighted by atomic mass is 35.5. The molecule has 1 aromatic rings. The van der Waals surface area contributed by atoms with Gasteiger partial charge in [0.15, 0.2) is 5.96 Å². The molecule has 0 atom stereocenters. The Morgan fingerprint density at radius 3 is 2.57 bits per heavy atom. The van der Waals surface area contributed by atoms with E-state index in [1.807, 2.05) is 13.1 Å². The second-order valence-corrected chi connectivity index (χ2v) is 5.53. The molecule has 0 aliphatic rings. The SMILES string of the molecule is C=CCCCN(C)C(=NC)NCCNC(=O)c1ccc(Cl)cc1. The molecule has 23 heavy (non-hydrogen) atoms. The van der Waals surface area contributed by atoms with Gasteiger partial charge in [-0.15, -0.1) is 6.58 Å². The molecule has 0 aliphatic heterocycles. The van der Waals surface area contributed by atoms with Crippen molar-refractivity contribution in [2.45, 2.75) is 12.8 Å². The molecule has 2 N–H and O–H groups in total. The number of amides is 1. The highest BCUT2D eigenvalue weighted by Gasteiger charge is 2.06. The molecule has 0 saturated carbocycles. The minimum Gasteiger partial charge on any atom is -0.354 e. The zero-order valence-corrected chi connectivity index (χ0v) is 14.6. The number of benzene rings is 1. The molecule has 1 rings (SSSR count). The van der Waals surface area contributed by atoms with Crippen LogP contribution in [0.4, 0.5) is 0 Å². The van der Waals surface area contributed by atoms with Gasteiger partial charge < -0.3 is 15.5 Å². The second kappa shape index (κ2) is 10.7. The predicted octanol–water partition coefficient (Wildman–Crippen LogP) is 2.54. The summed E-state index contributed by atoms with van der Waals surface area (Å²) in [5.41, 5.74) is 0.598. The van der Waals surface area contributed by atoms with Gasteiger partial charge in [0, 0.05) is 44.3 Å². The molecule has 0 unspecified atom stereocenters. The number of halogens is 1. The fraction of sp³-hybridized carbons (Fsp3) is 0.412. The summed E-state index contributed by atoms with van der Waals surface area (Å²) in [7, 11) is 3.74. The van der Waals surface area contributed by atoms with Gasteiger partial charge in [-0.05, 0) is 37.1 Å². The van der Waals surface area contributed by atoms with Crippen LogP contribution in [0.15, 0.2) is 41.9 Å². The van der Waals surface area contributed by atoms with Gasteiger partial charge in [-0.25, -0.2) is 0 Å². The Bertz CT molecular complexity index is 528. The Labute approximate surface area is 143 Å². The number of carbonyl (C=O) groups is 1. The highest BCUT2D eigenvalue weighted by molar-refractivity contribution is 6.30. The number of nitrogens with zero attached hydrogens (tertiary/aromatic N) is 2. The van der Waals surface area contributed by atoms with E-state index in [0.29, 0.717) is 23.7 Å². The normalized spacial score (nSPS) is 11.0. The third kappa shape index (κ3) is 7.19. The molecule has 0 aromatic heterocycles. The van der Waals surface area contributed by atoms with E-state index in [9.17, 15) is 4.79 Å². The third-order valence-corrected chi connectivity index (χ3v) is 3.53. The van der Waals surface area contributed by atoms with Crippen molar-refractivity contribution in [2.24, 2.45) is 4.99 Å². The first-order valence-corrected chi connectivity index (χ1v) is 8.02. The maximum Gasteiger partial charge on any atom is 0.251 e. The Morgan fingerprint density at radius 2 is 1.96 bits per heavy atom. The minimum atomic E-state index is -0.113. The van der Waals surface area contributed by atoms with Crippen molar-refractivity contribution in [2.75, 3.05) is 33.7 Å². The van der Waals surface area contributed by atoms with Crippen molar-refractivity contribution in [1.82, 2.24) is 15.5 Å². The van der Waals surface area contributed by atoms with Gasteiger partial charge in [0.1, 0.15) is 0 Å². The number of allylic oxidation sites excluding steroid dienone is 1. The van der Waals surface area contributed by atoms with E-state index >= 15 is 0 Å². The summed E-state index contributed by atoms with van der Waals surface area (Å²) < 4.78 is 0. The van der Waals surface area contributed by atoms with Crippen LogP contribution in [0.1, 0.15) is 23.2 Å². The fourth-order valence-corrected chi connectivity index (χ4v) is 2.14. The standard InChI is InChI=1S/C17H25ClN4O/c1-4-5-6-13-22(3)17(19-2)21-12-11-20-16(23)14-7-9-15(18)10-8-14/h4,7-10H,1,5-6,11-13H2,2-3H3,(H,19,21)(H,20,23). The number of hydrogen-bond donors (Lipinski definition) is 2. The Hall–Kier alpha value is -2.01. The van der Waals surface area contributed by atoms with Gasteiger partial charge in [0.05, 0.1) is 0 Å². The lowest BCUT2D eigenvalue weighted by Crippen LogP contribution is -2.42. The van der Waals surface area contributed by atoms with Crippen LogP contribution in [0.5, 0.6) is 0 Å².